The zero-order chi connectivity index (χ0) is 11.8. The quantitative estimate of drug-likeness (QED) is 0.766. The Bertz CT molecular complexity index is 490. The molecule has 1 rings (SSSR count). The number of hydrogen-bond acceptors (Lipinski definition) is 4. The molecule has 0 aliphatic rings. The molecule has 0 aromatic carbocycles. The van der Waals surface area contributed by atoms with Gasteiger partial charge < -0.3 is 4.90 Å². The minimum absolute atomic E-state index is 0.0133. The van der Waals surface area contributed by atoms with Crippen LogP contribution in [0.2, 0.25) is 0 Å². The highest BCUT2D eigenvalue weighted by molar-refractivity contribution is 8.13. The van der Waals surface area contributed by atoms with Gasteiger partial charge in [0, 0.05) is 29.7 Å². The number of thiophene rings is 1. The van der Waals surface area contributed by atoms with Gasteiger partial charge >= 0.3 is 0 Å². The fraction of sp³-hybridized carbons (Fsp3) is 0.375. The summed E-state index contributed by atoms with van der Waals surface area (Å²) >= 11 is 1.12. The van der Waals surface area contributed by atoms with Crippen LogP contribution >= 0.6 is 22.0 Å². The number of amides is 1. The van der Waals surface area contributed by atoms with Gasteiger partial charge in [-0.15, -0.1) is 11.3 Å². The topological polar surface area (TPSA) is 54.5 Å². The van der Waals surface area contributed by atoms with Crippen molar-refractivity contribution in [3.63, 3.8) is 0 Å². The number of rotatable bonds is 2. The zero-order valence-electron chi connectivity index (χ0n) is 8.44. The predicted octanol–water partition coefficient (Wildman–Crippen LogP) is 1.69. The number of nitrogens with zero attached hydrogens (tertiary/aromatic N) is 1. The normalized spacial score (nSPS) is 11.5. The lowest BCUT2D eigenvalue weighted by Crippen LogP contribution is -2.20. The maximum Gasteiger partial charge on any atom is 0.263 e. The molecule has 0 atom stereocenters. The van der Waals surface area contributed by atoms with Crippen LogP contribution in [-0.2, 0) is 9.05 Å². The minimum Gasteiger partial charge on any atom is -0.344 e. The van der Waals surface area contributed by atoms with E-state index >= 15 is 0 Å². The van der Waals surface area contributed by atoms with Crippen molar-refractivity contribution in [3.8, 4) is 0 Å². The standard InChI is InChI=1S/C8H10ClNO3S2/c1-5-7(15(9,12)13)4-6(14-5)8(11)10(2)3/h4H,1-3H3. The Hall–Kier alpha value is -0.590. The van der Waals surface area contributed by atoms with E-state index in [1.54, 1.807) is 21.0 Å². The lowest BCUT2D eigenvalue weighted by Gasteiger charge is -2.06. The Balaban J connectivity index is 3.24. The van der Waals surface area contributed by atoms with Crippen LogP contribution in [0.1, 0.15) is 14.5 Å². The second-order valence-electron chi connectivity index (χ2n) is 3.17. The summed E-state index contributed by atoms with van der Waals surface area (Å²) in [6.07, 6.45) is 0. The monoisotopic (exact) mass is 267 g/mol. The summed E-state index contributed by atoms with van der Waals surface area (Å²) in [5.74, 6) is -0.227. The molecule has 0 saturated heterocycles. The number of carbonyl (C=O) groups excluding carboxylic acids is 1. The Labute approximate surface area is 96.9 Å². The Kier molecular flexibility index (Phi) is 3.42. The van der Waals surface area contributed by atoms with Crippen molar-refractivity contribution >= 4 is 37.0 Å². The molecule has 1 aromatic rings. The van der Waals surface area contributed by atoms with Gasteiger partial charge in [0.25, 0.3) is 15.0 Å². The molecule has 7 heteroatoms. The summed E-state index contributed by atoms with van der Waals surface area (Å²) in [5.41, 5.74) is 0. The van der Waals surface area contributed by atoms with Crippen LogP contribution in [0, 0.1) is 6.92 Å². The van der Waals surface area contributed by atoms with Gasteiger partial charge in [-0.1, -0.05) is 0 Å². The van der Waals surface area contributed by atoms with Crippen molar-refractivity contribution in [3.05, 3.63) is 15.8 Å². The van der Waals surface area contributed by atoms with E-state index in [2.05, 4.69) is 0 Å². The van der Waals surface area contributed by atoms with Crippen LogP contribution in [0.5, 0.6) is 0 Å². The van der Waals surface area contributed by atoms with Gasteiger partial charge in [0.15, 0.2) is 0 Å². The molecule has 0 radical (unpaired) electrons. The number of halogens is 1. The first-order valence-electron chi connectivity index (χ1n) is 4.00. The molecule has 0 fully saturated rings. The summed E-state index contributed by atoms with van der Waals surface area (Å²) in [6, 6.07) is 1.31. The average molecular weight is 268 g/mol. The van der Waals surface area contributed by atoms with Crippen LogP contribution in [0.15, 0.2) is 11.0 Å². The van der Waals surface area contributed by atoms with Gasteiger partial charge in [0.05, 0.1) is 9.77 Å². The second-order valence-corrected chi connectivity index (χ2v) is 6.96. The molecule has 1 heterocycles. The third-order valence-corrected chi connectivity index (χ3v) is 4.37. The van der Waals surface area contributed by atoms with Gasteiger partial charge in [-0.2, -0.15) is 0 Å². The summed E-state index contributed by atoms with van der Waals surface area (Å²) in [5, 5.41) is 0. The van der Waals surface area contributed by atoms with E-state index in [0.717, 1.165) is 11.3 Å². The van der Waals surface area contributed by atoms with Crippen LogP contribution in [0.3, 0.4) is 0 Å². The summed E-state index contributed by atoms with van der Waals surface area (Å²) in [4.78, 5) is 13.8. The lowest BCUT2D eigenvalue weighted by molar-refractivity contribution is 0.0832. The first kappa shape index (κ1) is 12.5. The highest BCUT2D eigenvalue weighted by Gasteiger charge is 2.20. The Morgan fingerprint density at radius 1 is 1.47 bits per heavy atom. The molecule has 0 N–H and O–H groups in total. The number of hydrogen-bond donors (Lipinski definition) is 0. The maximum absolute atomic E-state index is 11.5. The van der Waals surface area contributed by atoms with Crippen molar-refractivity contribution in [2.24, 2.45) is 0 Å². The molecule has 15 heavy (non-hydrogen) atoms. The summed E-state index contributed by atoms with van der Waals surface area (Å²) < 4.78 is 22.2. The predicted molar refractivity (Wildman–Crippen MR) is 60.1 cm³/mol. The van der Waals surface area contributed by atoms with Crippen LogP contribution < -0.4 is 0 Å². The third-order valence-electron chi connectivity index (χ3n) is 1.75. The number of aryl methyl sites for hydroxylation is 1. The Morgan fingerprint density at radius 3 is 2.33 bits per heavy atom. The molecule has 0 saturated carbocycles. The third kappa shape index (κ3) is 2.70. The van der Waals surface area contributed by atoms with Gasteiger partial charge in [0.1, 0.15) is 0 Å². The summed E-state index contributed by atoms with van der Waals surface area (Å²) in [7, 11) is 4.66. The average Bonchev–Trinajstić information content (AvgIpc) is 2.44. The van der Waals surface area contributed by atoms with E-state index in [4.69, 9.17) is 10.7 Å². The molecule has 1 aromatic heterocycles. The van der Waals surface area contributed by atoms with E-state index in [9.17, 15) is 13.2 Å². The highest BCUT2D eigenvalue weighted by atomic mass is 35.7. The molecule has 0 unspecified atom stereocenters. The van der Waals surface area contributed by atoms with Crippen LogP contribution in [-0.4, -0.2) is 33.3 Å². The fourth-order valence-electron chi connectivity index (χ4n) is 1.03. The molecule has 0 aliphatic heterocycles. The molecule has 0 bridgehead atoms. The van der Waals surface area contributed by atoms with Gasteiger partial charge in [0.2, 0.25) is 0 Å². The smallest absolute Gasteiger partial charge is 0.263 e. The zero-order valence-corrected chi connectivity index (χ0v) is 10.8. The van der Waals surface area contributed by atoms with E-state index < -0.39 is 9.05 Å². The molecule has 84 valence electrons. The molecule has 1 amide bonds. The first-order valence-corrected chi connectivity index (χ1v) is 7.13. The second kappa shape index (κ2) is 4.11. The van der Waals surface area contributed by atoms with Crippen molar-refractivity contribution in [2.75, 3.05) is 14.1 Å². The Morgan fingerprint density at radius 2 is 2.00 bits per heavy atom. The lowest BCUT2D eigenvalue weighted by atomic mass is 10.4. The molecular formula is C8H10ClNO3S2. The van der Waals surface area contributed by atoms with E-state index in [1.807, 2.05) is 0 Å². The highest BCUT2D eigenvalue weighted by Crippen LogP contribution is 2.28. The molecular weight excluding hydrogens is 258 g/mol. The van der Waals surface area contributed by atoms with Crippen molar-refractivity contribution in [1.29, 1.82) is 0 Å². The van der Waals surface area contributed by atoms with Crippen LogP contribution in [0.25, 0.3) is 0 Å². The van der Waals surface area contributed by atoms with Gasteiger partial charge in [-0.3, -0.25) is 4.79 Å². The molecule has 0 aliphatic carbocycles. The van der Waals surface area contributed by atoms with E-state index in [0.29, 0.717) is 9.75 Å². The van der Waals surface area contributed by atoms with E-state index in [1.165, 1.54) is 11.0 Å². The number of carbonyl (C=O) groups is 1. The van der Waals surface area contributed by atoms with E-state index in [-0.39, 0.29) is 10.8 Å². The van der Waals surface area contributed by atoms with Gasteiger partial charge in [-0.05, 0) is 13.0 Å². The van der Waals surface area contributed by atoms with Gasteiger partial charge in [-0.25, -0.2) is 8.42 Å². The molecule has 4 nitrogen and oxygen atoms in total. The van der Waals surface area contributed by atoms with Crippen molar-refractivity contribution in [2.45, 2.75) is 11.8 Å². The largest absolute Gasteiger partial charge is 0.344 e. The summed E-state index contributed by atoms with van der Waals surface area (Å²) in [6.45, 7) is 1.62. The first-order chi connectivity index (χ1) is 6.73. The minimum atomic E-state index is -3.76. The van der Waals surface area contributed by atoms with Crippen LogP contribution in [0.4, 0.5) is 0 Å². The fourth-order valence-corrected chi connectivity index (χ4v) is 3.72. The van der Waals surface area contributed by atoms with Crippen molar-refractivity contribution < 1.29 is 13.2 Å². The van der Waals surface area contributed by atoms with Crippen molar-refractivity contribution in [1.82, 2.24) is 4.90 Å². The SMILES string of the molecule is Cc1sc(C(=O)N(C)C)cc1S(=O)(=O)Cl. The maximum atomic E-state index is 11.5. The molecule has 0 spiro atoms.